The summed E-state index contributed by atoms with van der Waals surface area (Å²) in [5.41, 5.74) is 3.91. The zero-order chi connectivity index (χ0) is 24.5. The number of fused-ring (bicyclic) bond motifs is 2. The quantitative estimate of drug-likeness (QED) is 0.350. The molecule has 0 fully saturated rings. The van der Waals surface area contributed by atoms with Crippen LogP contribution in [-0.2, 0) is 16.0 Å². The van der Waals surface area contributed by atoms with E-state index < -0.39 is 0 Å². The number of carbonyl (C=O) groups is 3. The fourth-order valence-electron chi connectivity index (χ4n) is 4.00. The molecule has 10 heteroatoms. The summed E-state index contributed by atoms with van der Waals surface area (Å²) < 4.78 is 5.67. The van der Waals surface area contributed by atoms with Crippen LogP contribution in [0, 0.1) is 0 Å². The maximum atomic E-state index is 12.3. The molecule has 0 bridgehead atoms. The Morgan fingerprint density at radius 3 is 2.72 bits per heavy atom. The second kappa shape index (κ2) is 9.87. The zero-order valence-electron chi connectivity index (χ0n) is 18.9. The first-order chi connectivity index (χ1) is 16.9. The Morgan fingerprint density at radius 1 is 1.17 bits per heavy atom. The molecule has 10 nitrogen and oxygen atoms in total. The molecule has 5 rings (SSSR count). The van der Waals surface area contributed by atoms with Crippen molar-refractivity contribution in [1.29, 1.82) is 0 Å². The van der Waals surface area contributed by atoms with E-state index in [4.69, 9.17) is 4.74 Å². The summed E-state index contributed by atoms with van der Waals surface area (Å²) in [4.78, 5) is 46.5. The lowest BCUT2D eigenvalue weighted by Gasteiger charge is -2.29. The Balaban J connectivity index is 0.00000304. The number of ketones is 1. The summed E-state index contributed by atoms with van der Waals surface area (Å²) in [5.74, 6) is 0.695. The average Bonchev–Trinajstić information content (AvgIpc) is 3.22. The lowest BCUT2D eigenvalue weighted by atomic mass is 10.1. The molecule has 1 aromatic heterocycles. The molecule has 2 amide bonds. The van der Waals surface area contributed by atoms with E-state index in [-0.39, 0.29) is 31.0 Å². The minimum Gasteiger partial charge on any atom is -0.490 e. The maximum Gasteiger partial charge on any atom is 0.250 e. The molecule has 0 aliphatic carbocycles. The number of hydrogen-bond acceptors (Lipinski definition) is 8. The monoisotopic (exact) mass is 486 g/mol. The standard InChI is InChI=1S/C25H22N6O4.CH4/c1-3-23(34)31-8-9-35-21-7-5-17(12-20(21)31)27-24-18(14(2)32)13-26-25(30-24)28-16-4-6-19-15(10-16)11-22(33)29-19;/h3-7,10,12-13H,1,8-9,11H2,2H3,(H,29,33)(H2,26,27,28,30);1H4. The van der Waals surface area contributed by atoms with Crippen LogP contribution in [0.25, 0.3) is 0 Å². The molecule has 0 atom stereocenters. The van der Waals surface area contributed by atoms with Crippen LogP contribution in [0.4, 0.5) is 34.5 Å². The molecule has 0 radical (unpaired) electrons. The van der Waals surface area contributed by atoms with Gasteiger partial charge in [0.25, 0.3) is 5.91 Å². The Bertz CT molecular complexity index is 1390. The fourth-order valence-corrected chi connectivity index (χ4v) is 4.00. The number of amides is 2. The average molecular weight is 487 g/mol. The van der Waals surface area contributed by atoms with Gasteiger partial charge in [-0.1, -0.05) is 14.0 Å². The van der Waals surface area contributed by atoms with Crippen LogP contribution < -0.4 is 25.6 Å². The number of carbonyl (C=O) groups excluding carboxylic acids is 3. The van der Waals surface area contributed by atoms with E-state index in [0.717, 1.165) is 11.3 Å². The number of rotatable bonds is 6. The smallest absolute Gasteiger partial charge is 0.250 e. The molecule has 3 N–H and O–H groups in total. The minimum absolute atomic E-state index is 0. The van der Waals surface area contributed by atoms with Gasteiger partial charge in [0.1, 0.15) is 18.2 Å². The lowest BCUT2D eigenvalue weighted by Crippen LogP contribution is -2.36. The van der Waals surface area contributed by atoms with Gasteiger partial charge in [-0.25, -0.2) is 4.98 Å². The van der Waals surface area contributed by atoms with E-state index in [0.29, 0.717) is 53.8 Å². The van der Waals surface area contributed by atoms with Crippen LogP contribution in [0.2, 0.25) is 0 Å². The number of nitrogens with zero attached hydrogens (tertiary/aromatic N) is 3. The van der Waals surface area contributed by atoms with Crippen LogP contribution in [0.5, 0.6) is 5.75 Å². The van der Waals surface area contributed by atoms with Crippen molar-refractivity contribution in [2.45, 2.75) is 20.8 Å². The third-order valence-electron chi connectivity index (χ3n) is 5.68. The van der Waals surface area contributed by atoms with Crippen molar-refractivity contribution >= 4 is 52.1 Å². The molecule has 0 saturated heterocycles. The van der Waals surface area contributed by atoms with E-state index in [1.807, 2.05) is 18.2 Å². The normalized spacial score (nSPS) is 13.4. The van der Waals surface area contributed by atoms with Crippen LogP contribution in [0.15, 0.2) is 55.3 Å². The summed E-state index contributed by atoms with van der Waals surface area (Å²) in [6.45, 7) is 5.80. The van der Waals surface area contributed by atoms with Gasteiger partial charge in [0.05, 0.1) is 24.2 Å². The SMILES string of the molecule is C.C=CC(=O)N1CCOc2ccc(Nc3nc(Nc4ccc5c(c4)CC(=O)N5)ncc3C(C)=O)cc21. The first-order valence-corrected chi connectivity index (χ1v) is 11.0. The van der Waals surface area contributed by atoms with E-state index in [9.17, 15) is 14.4 Å². The topological polar surface area (TPSA) is 126 Å². The summed E-state index contributed by atoms with van der Waals surface area (Å²) in [7, 11) is 0. The van der Waals surface area contributed by atoms with E-state index >= 15 is 0 Å². The largest absolute Gasteiger partial charge is 0.490 e. The summed E-state index contributed by atoms with van der Waals surface area (Å²) in [6.07, 6.45) is 3.03. The van der Waals surface area contributed by atoms with Crippen LogP contribution in [0.3, 0.4) is 0 Å². The predicted octanol–water partition coefficient (Wildman–Crippen LogP) is 4.21. The highest BCUT2D eigenvalue weighted by Gasteiger charge is 2.23. The van der Waals surface area contributed by atoms with E-state index in [1.165, 1.54) is 19.2 Å². The van der Waals surface area contributed by atoms with Crippen LogP contribution >= 0.6 is 0 Å². The van der Waals surface area contributed by atoms with Crippen molar-refractivity contribution in [2.75, 3.05) is 34.0 Å². The molecule has 3 heterocycles. The Labute approximate surface area is 208 Å². The first kappa shape index (κ1) is 24.4. The number of hydrogen-bond donors (Lipinski definition) is 3. The number of ether oxygens (including phenoxy) is 1. The zero-order valence-corrected chi connectivity index (χ0v) is 18.9. The molecule has 2 aliphatic heterocycles. The van der Waals surface area contributed by atoms with Gasteiger partial charge in [0.15, 0.2) is 5.78 Å². The third kappa shape index (κ3) is 4.74. The van der Waals surface area contributed by atoms with Gasteiger partial charge in [-0.15, -0.1) is 0 Å². The van der Waals surface area contributed by atoms with Crippen molar-refractivity contribution in [3.63, 3.8) is 0 Å². The van der Waals surface area contributed by atoms with Crippen molar-refractivity contribution in [3.8, 4) is 5.75 Å². The molecular weight excluding hydrogens is 460 g/mol. The minimum atomic E-state index is -0.226. The second-order valence-electron chi connectivity index (χ2n) is 8.08. The van der Waals surface area contributed by atoms with E-state index in [1.54, 1.807) is 23.1 Å². The summed E-state index contributed by atoms with van der Waals surface area (Å²) in [5, 5.41) is 9.09. The van der Waals surface area contributed by atoms with Gasteiger partial charge in [0, 0.05) is 23.3 Å². The summed E-state index contributed by atoms with van der Waals surface area (Å²) >= 11 is 0. The van der Waals surface area contributed by atoms with Gasteiger partial charge in [-0.2, -0.15) is 4.98 Å². The van der Waals surface area contributed by atoms with E-state index in [2.05, 4.69) is 32.5 Å². The molecule has 36 heavy (non-hydrogen) atoms. The number of aromatic nitrogens is 2. The van der Waals surface area contributed by atoms with Crippen LogP contribution in [0.1, 0.15) is 30.3 Å². The number of anilines is 6. The second-order valence-corrected chi connectivity index (χ2v) is 8.08. The molecule has 2 aromatic carbocycles. The van der Waals surface area contributed by atoms with Crippen LogP contribution in [-0.4, -0.2) is 40.7 Å². The van der Waals surface area contributed by atoms with Crippen molar-refractivity contribution in [3.05, 3.63) is 66.4 Å². The molecule has 2 aliphatic rings. The van der Waals surface area contributed by atoms with Crippen molar-refractivity contribution < 1.29 is 19.1 Å². The summed E-state index contributed by atoms with van der Waals surface area (Å²) in [6, 6.07) is 10.8. The number of benzene rings is 2. The lowest BCUT2D eigenvalue weighted by molar-refractivity contribution is -0.115. The highest BCUT2D eigenvalue weighted by atomic mass is 16.5. The maximum absolute atomic E-state index is 12.3. The van der Waals surface area contributed by atoms with Crippen molar-refractivity contribution in [1.82, 2.24) is 9.97 Å². The molecular formula is C26H26N6O4. The Hall–Kier alpha value is -4.73. The fraction of sp³-hybridized carbons (Fsp3) is 0.192. The molecule has 3 aromatic rings. The number of nitrogens with one attached hydrogen (secondary N) is 3. The molecule has 0 spiro atoms. The van der Waals surface area contributed by atoms with Gasteiger partial charge >= 0.3 is 0 Å². The number of Topliss-reactive ketones (excluding diaryl/α,β-unsaturated/α-hetero) is 1. The third-order valence-corrected chi connectivity index (χ3v) is 5.68. The molecule has 0 saturated carbocycles. The Morgan fingerprint density at radius 2 is 1.94 bits per heavy atom. The van der Waals surface area contributed by atoms with Gasteiger partial charge in [0.2, 0.25) is 11.9 Å². The molecule has 184 valence electrons. The van der Waals surface area contributed by atoms with Gasteiger partial charge in [-0.05, 0) is 55.0 Å². The van der Waals surface area contributed by atoms with Crippen molar-refractivity contribution in [2.24, 2.45) is 0 Å². The highest BCUT2D eigenvalue weighted by Crippen LogP contribution is 2.35. The first-order valence-electron chi connectivity index (χ1n) is 11.0. The predicted molar refractivity (Wildman–Crippen MR) is 139 cm³/mol. The van der Waals surface area contributed by atoms with Gasteiger partial charge in [-0.3, -0.25) is 14.4 Å². The highest BCUT2D eigenvalue weighted by molar-refractivity contribution is 6.03. The Kier molecular flexibility index (Phi) is 6.69. The van der Waals surface area contributed by atoms with Gasteiger partial charge < -0.3 is 25.6 Å². The molecule has 0 unspecified atom stereocenters.